The molecule has 0 fully saturated rings. The van der Waals surface area contributed by atoms with E-state index in [0.717, 1.165) is 0 Å². The molecule has 3 rings (SSSR count). The van der Waals surface area contributed by atoms with Gasteiger partial charge in [0.05, 0.1) is 19.8 Å². The maximum atomic E-state index is 13.0. The average molecular weight is 472 g/mol. The van der Waals surface area contributed by atoms with Crippen molar-refractivity contribution in [2.45, 2.75) is 0 Å². The second-order valence-electron chi connectivity index (χ2n) is 7.37. The Bertz CT molecular complexity index is 1260. The number of benzene rings is 3. The molecule has 3 aromatic rings. The van der Waals surface area contributed by atoms with Crippen molar-refractivity contribution in [3.8, 4) is 28.7 Å². The molecular formula is C28H24O7. The van der Waals surface area contributed by atoms with Crippen LogP contribution in [0, 0.1) is 0 Å². The zero-order chi connectivity index (χ0) is 25.4. The SMILES string of the molecule is COc1cc(/C=C/C(=O)C(=Cc2ccccc2O)C(=O)/C=C/c2ccc(O)c(OC)c2)ccc1O. The Morgan fingerprint density at radius 2 is 1.17 bits per heavy atom. The van der Waals surface area contributed by atoms with Gasteiger partial charge in [-0.25, -0.2) is 0 Å². The molecule has 3 N–H and O–H groups in total. The number of rotatable bonds is 9. The lowest BCUT2D eigenvalue weighted by atomic mass is 10.00. The van der Waals surface area contributed by atoms with E-state index in [0.29, 0.717) is 16.7 Å². The first-order chi connectivity index (χ1) is 16.8. The molecule has 0 atom stereocenters. The minimum Gasteiger partial charge on any atom is -0.507 e. The van der Waals surface area contributed by atoms with Gasteiger partial charge in [0, 0.05) is 5.56 Å². The third kappa shape index (κ3) is 6.39. The molecule has 3 aromatic carbocycles. The zero-order valence-electron chi connectivity index (χ0n) is 19.1. The molecule has 7 nitrogen and oxygen atoms in total. The molecule has 7 heteroatoms. The molecule has 0 spiro atoms. The number of carbonyl (C=O) groups is 2. The molecule has 0 amide bonds. The largest absolute Gasteiger partial charge is 0.507 e. The van der Waals surface area contributed by atoms with Crippen LogP contribution >= 0.6 is 0 Å². The van der Waals surface area contributed by atoms with E-state index in [1.54, 1.807) is 42.5 Å². The summed E-state index contributed by atoms with van der Waals surface area (Å²) in [7, 11) is 2.82. The summed E-state index contributed by atoms with van der Waals surface area (Å²) < 4.78 is 10.1. The van der Waals surface area contributed by atoms with E-state index in [4.69, 9.17) is 9.47 Å². The quantitative estimate of drug-likeness (QED) is 0.234. The number of phenolic OH excluding ortho intramolecular Hbond substituents is 3. The first kappa shape index (κ1) is 24.9. The summed E-state index contributed by atoms with van der Waals surface area (Å²) in [6, 6.07) is 15.5. The number of ether oxygens (including phenoxy) is 2. The highest BCUT2D eigenvalue weighted by atomic mass is 16.5. The molecular weight excluding hydrogens is 448 g/mol. The van der Waals surface area contributed by atoms with Crippen molar-refractivity contribution in [3.05, 3.63) is 95.1 Å². The molecule has 0 radical (unpaired) electrons. The van der Waals surface area contributed by atoms with E-state index < -0.39 is 11.6 Å². The van der Waals surface area contributed by atoms with E-state index in [-0.39, 0.29) is 34.3 Å². The van der Waals surface area contributed by atoms with Gasteiger partial charge >= 0.3 is 0 Å². The minimum absolute atomic E-state index is 0.0395. The van der Waals surface area contributed by atoms with Gasteiger partial charge in [-0.3, -0.25) is 9.59 Å². The van der Waals surface area contributed by atoms with Gasteiger partial charge in [-0.2, -0.15) is 0 Å². The summed E-state index contributed by atoms with van der Waals surface area (Å²) in [5.41, 5.74) is 1.29. The number of allylic oxidation sites excluding steroid dienone is 3. The number of aromatic hydroxyl groups is 3. The molecule has 0 aliphatic rings. The average Bonchev–Trinajstić information content (AvgIpc) is 2.86. The third-order valence-corrected chi connectivity index (χ3v) is 5.03. The zero-order valence-corrected chi connectivity index (χ0v) is 19.1. The predicted octanol–water partition coefficient (Wildman–Crippen LogP) is 4.77. The fourth-order valence-corrected chi connectivity index (χ4v) is 3.15. The predicted molar refractivity (Wildman–Crippen MR) is 133 cm³/mol. The van der Waals surface area contributed by atoms with E-state index in [2.05, 4.69) is 0 Å². The molecule has 178 valence electrons. The molecule has 0 saturated heterocycles. The van der Waals surface area contributed by atoms with Crippen LogP contribution in [-0.2, 0) is 9.59 Å². The highest BCUT2D eigenvalue weighted by Gasteiger charge is 2.15. The van der Waals surface area contributed by atoms with Crippen LogP contribution in [0.3, 0.4) is 0 Å². The van der Waals surface area contributed by atoms with Crippen molar-refractivity contribution in [3.63, 3.8) is 0 Å². The Labute approximate surface area is 202 Å². The van der Waals surface area contributed by atoms with E-state index in [9.17, 15) is 24.9 Å². The number of carbonyl (C=O) groups excluding carboxylic acids is 2. The van der Waals surface area contributed by atoms with Crippen molar-refractivity contribution < 1.29 is 34.4 Å². The van der Waals surface area contributed by atoms with Crippen LogP contribution in [0.2, 0.25) is 0 Å². The standard InChI is InChI=1S/C28H24O7/c1-34-27-15-18(9-13-25(27)32)7-11-23(30)21(17-20-5-3-4-6-22(20)29)24(31)12-8-19-10-14-26(33)28(16-19)35-2/h3-17,29,32-33H,1-2H3/b11-7+,12-8+. The normalized spacial score (nSPS) is 10.9. The van der Waals surface area contributed by atoms with Crippen molar-refractivity contribution in [2.75, 3.05) is 14.2 Å². The molecule has 0 saturated carbocycles. The summed E-state index contributed by atoms with van der Waals surface area (Å²) >= 11 is 0. The van der Waals surface area contributed by atoms with Gasteiger partial charge in [-0.1, -0.05) is 42.5 Å². The molecule has 0 bridgehead atoms. The monoisotopic (exact) mass is 472 g/mol. The number of hydrogen-bond acceptors (Lipinski definition) is 7. The highest BCUT2D eigenvalue weighted by Crippen LogP contribution is 2.28. The molecule has 0 aliphatic heterocycles. The topological polar surface area (TPSA) is 113 Å². The van der Waals surface area contributed by atoms with Crippen LogP contribution in [0.15, 0.2) is 78.4 Å². The molecule has 0 aromatic heterocycles. The number of phenols is 3. The van der Waals surface area contributed by atoms with Crippen LogP contribution in [0.5, 0.6) is 28.7 Å². The van der Waals surface area contributed by atoms with Gasteiger partial charge in [0.25, 0.3) is 0 Å². The van der Waals surface area contributed by atoms with Crippen LogP contribution in [0.4, 0.5) is 0 Å². The number of para-hydroxylation sites is 1. The molecule has 0 heterocycles. The van der Waals surface area contributed by atoms with Crippen molar-refractivity contribution in [2.24, 2.45) is 0 Å². The Morgan fingerprint density at radius 3 is 1.63 bits per heavy atom. The third-order valence-electron chi connectivity index (χ3n) is 5.03. The highest BCUT2D eigenvalue weighted by molar-refractivity contribution is 6.31. The number of methoxy groups -OCH3 is 2. The number of hydrogen-bond donors (Lipinski definition) is 3. The van der Waals surface area contributed by atoms with Crippen LogP contribution < -0.4 is 9.47 Å². The first-order valence-corrected chi connectivity index (χ1v) is 10.5. The summed E-state index contributed by atoms with van der Waals surface area (Å²) in [5.74, 6) is -0.841. The number of ketones is 2. The van der Waals surface area contributed by atoms with Gasteiger partial charge in [-0.15, -0.1) is 0 Å². The summed E-state index contributed by atoms with van der Waals surface area (Å²) in [6.45, 7) is 0. The van der Waals surface area contributed by atoms with Gasteiger partial charge in [0.15, 0.2) is 34.6 Å². The van der Waals surface area contributed by atoms with E-state index in [1.165, 1.54) is 62.8 Å². The van der Waals surface area contributed by atoms with Crippen molar-refractivity contribution in [1.82, 2.24) is 0 Å². The molecule has 0 unspecified atom stereocenters. The first-order valence-electron chi connectivity index (χ1n) is 10.5. The lowest BCUT2D eigenvalue weighted by Gasteiger charge is -2.05. The minimum atomic E-state index is -0.585. The second kappa shape index (κ2) is 11.4. The summed E-state index contributed by atoms with van der Waals surface area (Å²) in [6.07, 6.45) is 6.76. The van der Waals surface area contributed by atoms with Crippen LogP contribution in [0.1, 0.15) is 16.7 Å². The molecule has 0 aliphatic carbocycles. The maximum Gasteiger partial charge on any atom is 0.189 e. The van der Waals surface area contributed by atoms with Gasteiger partial charge in [-0.05, 0) is 59.7 Å². The van der Waals surface area contributed by atoms with Gasteiger partial charge in [0.2, 0.25) is 0 Å². The van der Waals surface area contributed by atoms with Crippen molar-refractivity contribution in [1.29, 1.82) is 0 Å². The van der Waals surface area contributed by atoms with Gasteiger partial charge < -0.3 is 24.8 Å². The lowest BCUT2D eigenvalue weighted by Crippen LogP contribution is -2.08. The van der Waals surface area contributed by atoms with E-state index in [1.807, 2.05) is 0 Å². The fourth-order valence-electron chi connectivity index (χ4n) is 3.15. The smallest absolute Gasteiger partial charge is 0.189 e. The molecule has 35 heavy (non-hydrogen) atoms. The summed E-state index contributed by atoms with van der Waals surface area (Å²) in [5, 5.41) is 29.6. The van der Waals surface area contributed by atoms with E-state index >= 15 is 0 Å². The Hall–Kier alpha value is -4.78. The Balaban J connectivity index is 1.94. The van der Waals surface area contributed by atoms with Crippen LogP contribution in [0.25, 0.3) is 18.2 Å². The lowest BCUT2D eigenvalue weighted by molar-refractivity contribution is -0.116. The van der Waals surface area contributed by atoms with Gasteiger partial charge in [0.1, 0.15) is 5.75 Å². The Kier molecular flexibility index (Phi) is 8.08. The summed E-state index contributed by atoms with van der Waals surface area (Å²) in [4.78, 5) is 26.1. The fraction of sp³-hybridized carbons (Fsp3) is 0.0714. The maximum absolute atomic E-state index is 13.0. The second-order valence-corrected chi connectivity index (χ2v) is 7.37. The van der Waals surface area contributed by atoms with Crippen LogP contribution in [-0.4, -0.2) is 41.1 Å². The van der Waals surface area contributed by atoms with Crippen molar-refractivity contribution >= 4 is 29.8 Å². The Morgan fingerprint density at radius 1 is 0.686 bits per heavy atom.